The summed E-state index contributed by atoms with van der Waals surface area (Å²) in [6, 6.07) is 0. The van der Waals surface area contributed by atoms with E-state index in [0.717, 1.165) is 5.57 Å². The lowest BCUT2D eigenvalue weighted by molar-refractivity contribution is -0.117. The Bertz CT molecular complexity index is 185. The van der Waals surface area contributed by atoms with E-state index >= 15 is 0 Å². The highest BCUT2D eigenvalue weighted by Gasteiger charge is 2.12. The van der Waals surface area contributed by atoms with Crippen LogP contribution in [0.2, 0.25) is 0 Å². The molecule has 3 nitrogen and oxygen atoms in total. The van der Waals surface area contributed by atoms with Gasteiger partial charge in [0.15, 0.2) is 0 Å². The molecular weight excluding hydrogens is 154 g/mol. The molecule has 0 unspecified atom stereocenters. The van der Waals surface area contributed by atoms with Gasteiger partial charge in [-0.05, 0) is 27.7 Å². The molecule has 0 radical (unpaired) electrons. The Hall–Kier alpha value is -0.830. The van der Waals surface area contributed by atoms with Crippen molar-refractivity contribution in [2.45, 2.75) is 33.3 Å². The van der Waals surface area contributed by atoms with Gasteiger partial charge in [0.05, 0.1) is 5.60 Å². The SMILES string of the molecule is CC(C)=CC(=O)NCC(C)(C)O. The first-order valence-corrected chi connectivity index (χ1v) is 3.96. The van der Waals surface area contributed by atoms with Crippen molar-refractivity contribution >= 4 is 5.91 Å². The van der Waals surface area contributed by atoms with E-state index in [9.17, 15) is 9.90 Å². The Kier molecular flexibility index (Phi) is 3.96. The maximum atomic E-state index is 11.0. The van der Waals surface area contributed by atoms with Crippen molar-refractivity contribution in [3.63, 3.8) is 0 Å². The van der Waals surface area contributed by atoms with Crippen molar-refractivity contribution < 1.29 is 9.90 Å². The normalized spacial score (nSPS) is 10.8. The zero-order valence-electron chi connectivity index (χ0n) is 8.14. The third kappa shape index (κ3) is 7.28. The van der Waals surface area contributed by atoms with Gasteiger partial charge in [-0.25, -0.2) is 0 Å². The fraction of sp³-hybridized carbons (Fsp3) is 0.667. The summed E-state index contributed by atoms with van der Waals surface area (Å²) in [7, 11) is 0. The Labute approximate surface area is 73.5 Å². The van der Waals surface area contributed by atoms with Gasteiger partial charge in [-0.1, -0.05) is 5.57 Å². The highest BCUT2D eigenvalue weighted by molar-refractivity contribution is 5.88. The molecule has 0 heterocycles. The van der Waals surface area contributed by atoms with Crippen LogP contribution in [-0.4, -0.2) is 23.2 Å². The second-order valence-corrected chi connectivity index (χ2v) is 3.75. The van der Waals surface area contributed by atoms with Gasteiger partial charge in [0, 0.05) is 12.6 Å². The standard InChI is InChI=1S/C9H17NO2/c1-7(2)5-8(11)10-6-9(3,4)12/h5,12H,6H2,1-4H3,(H,10,11). The summed E-state index contributed by atoms with van der Waals surface area (Å²) >= 11 is 0. The Morgan fingerprint density at radius 3 is 2.33 bits per heavy atom. The number of rotatable bonds is 3. The number of carbonyl (C=O) groups excluding carboxylic acids is 1. The van der Waals surface area contributed by atoms with E-state index in [1.54, 1.807) is 13.8 Å². The van der Waals surface area contributed by atoms with E-state index in [4.69, 9.17) is 0 Å². The molecule has 2 N–H and O–H groups in total. The van der Waals surface area contributed by atoms with Crippen LogP contribution in [0.25, 0.3) is 0 Å². The zero-order valence-corrected chi connectivity index (χ0v) is 8.14. The number of nitrogens with one attached hydrogen (secondary N) is 1. The molecule has 0 saturated heterocycles. The van der Waals surface area contributed by atoms with Crippen LogP contribution in [0.5, 0.6) is 0 Å². The van der Waals surface area contributed by atoms with Gasteiger partial charge in [-0.3, -0.25) is 4.79 Å². The van der Waals surface area contributed by atoms with Crippen molar-refractivity contribution in [1.29, 1.82) is 0 Å². The lowest BCUT2D eigenvalue weighted by Crippen LogP contribution is -2.37. The van der Waals surface area contributed by atoms with Gasteiger partial charge in [-0.2, -0.15) is 0 Å². The zero-order chi connectivity index (χ0) is 9.78. The third-order valence-corrected chi connectivity index (χ3v) is 1.11. The van der Waals surface area contributed by atoms with E-state index in [0.29, 0.717) is 0 Å². The van der Waals surface area contributed by atoms with Gasteiger partial charge in [0.1, 0.15) is 0 Å². The molecule has 1 amide bonds. The molecule has 0 aliphatic rings. The molecule has 12 heavy (non-hydrogen) atoms. The number of amides is 1. The van der Waals surface area contributed by atoms with Gasteiger partial charge >= 0.3 is 0 Å². The molecule has 70 valence electrons. The lowest BCUT2D eigenvalue weighted by atomic mass is 10.1. The number of hydrogen-bond acceptors (Lipinski definition) is 2. The van der Waals surface area contributed by atoms with Crippen molar-refractivity contribution in [2.24, 2.45) is 0 Å². The maximum Gasteiger partial charge on any atom is 0.244 e. The highest BCUT2D eigenvalue weighted by atomic mass is 16.3. The molecule has 0 aliphatic heterocycles. The predicted molar refractivity (Wildman–Crippen MR) is 48.7 cm³/mol. The molecule has 0 aromatic carbocycles. The average molecular weight is 171 g/mol. The Balaban J connectivity index is 3.81. The number of carbonyl (C=O) groups is 1. The van der Waals surface area contributed by atoms with Gasteiger partial charge in [0.2, 0.25) is 5.91 Å². The summed E-state index contributed by atoms with van der Waals surface area (Å²) in [5.74, 6) is -0.155. The second-order valence-electron chi connectivity index (χ2n) is 3.75. The van der Waals surface area contributed by atoms with Crippen LogP contribution in [-0.2, 0) is 4.79 Å². The van der Waals surface area contributed by atoms with Gasteiger partial charge < -0.3 is 10.4 Å². The van der Waals surface area contributed by atoms with Crippen LogP contribution >= 0.6 is 0 Å². The topological polar surface area (TPSA) is 49.3 Å². The fourth-order valence-corrected chi connectivity index (χ4v) is 0.617. The molecule has 0 bridgehead atoms. The van der Waals surface area contributed by atoms with E-state index in [2.05, 4.69) is 5.32 Å². The predicted octanol–water partition coefficient (Wildman–Crippen LogP) is 0.840. The summed E-state index contributed by atoms with van der Waals surface area (Å²) in [4.78, 5) is 11.0. The van der Waals surface area contributed by atoms with Crippen molar-refractivity contribution in [2.75, 3.05) is 6.54 Å². The minimum atomic E-state index is -0.842. The maximum absolute atomic E-state index is 11.0. The molecule has 0 aromatic rings. The fourth-order valence-electron chi connectivity index (χ4n) is 0.617. The number of aliphatic hydroxyl groups is 1. The van der Waals surface area contributed by atoms with E-state index in [1.165, 1.54) is 6.08 Å². The Morgan fingerprint density at radius 2 is 2.00 bits per heavy atom. The molecule has 3 heteroatoms. The molecule has 0 fully saturated rings. The third-order valence-electron chi connectivity index (χ3n) is 1.11. The highest BCUT2D eigenvalue weighted by Crippen LogP contribution is 1.97. The van der Waals surface area contributed by atoms with Crippen molar-refractivity contribution in [1.82, 2.24) is 5.32 Å². The van der Waals surface area contributed by atoms with E-state index in [1.807, 2.05) is 13.8 Å². The van der Waals surface area contributed by atoms with Crippen molar-refractivity contribution in [3.8, 4) is 0 Å². The van der Waals surface area contributed by atoms with Crippen LogP contribution in [0, 0.1) is 0 Å². The summed E-state index contributed by atoms with van der Waals surface area (Å²) in [5.41, 5.74) is 0.105. The average Bonchev–Trinajstić information content (AvgIpc) is 1.80. The first-order chi connectivity index (χ1) is 5.31. The quantitative estimate of drug-likeness (QED) is 0.618. The summed E-state index contributed by atoms with van der Waals surface area (Å²) in [5, 5.41) is 11.9. The minimum Gasteiger partial charge on any atom is -0.389 e. The number of hydrogen-bond donors (Lipinski definition) is 2. The van der Waals surface area contributed by atoms with Crippen molar-refractivity contribution in [3.05, 3.63) is 11.6 Å². The van der Waals surface area contributed by atoms with Crippen LogP contribution in [0.4, 0.5) is 0 Å². The summed E-state index contributed by atoms with van der Waals surface area (Å²) < 4.78 is 0. The first-order valence-electron chi connectivity index (χ1n) is 3.96. The van der Waals surface area contributed by atoms with Crippen LogP contribution < -0.4 is 5.32 Å². The molecular formula is C9H17NO2. The van der Waals surface area contributed by atoms with Gasteiger partial charge in [0.25, 0.3) is 0 Å². The second kappa shape index (κ2) is 4.26. The molecule has 0 saturated carbocycles. The molecule has 0 aliphatic carbocycles. The van der Waals surface area contributed by atoms with Gasteiger partial charge in [-0.15, -0.1) is 0 Å². The summed E-state index contributed by atoms with van der Waals surface area (Å²) in [6.45, 7) is 7.27. The first kappa shape index (κ1) is 11.2. The molecule has 0 atom stereocenters. The lowest BCUT2D eigenvalue weighted by Gasteiger charge is -2.16. The van der Waals surface area contributed by atoms with Crippen LogP contribution in [0.3, 0.4) is 0 Å². The molecule has 0 rings (SSSR count). The number of allylic oxidation sites excluding steroid dienone is 1. The van der Waals surface area contributed by atoms with Crippen LogP contribution in [0.15, 0.2) is 11.6 Å². The molecule has 0 spiro atoms. The minimum absolute atomic E-state index is 0.155. The summed E-state index contributed by atoms with van der Waals surface area (Å²) in [6.07, 6.45) is 1.51. The largest absolute Gasteiger partial charge is 0.389 e. The van der Waals surface area contributed by atoms with Crippen LogP contribution in [0.1, 0.15) is 27.7 Å². The van der Waals surface area contributed by atoms with E-state index < -0.39 is 5.60 Å². The molecule has 0 aromatic heterocycles. The monoisotopic (exact) mass is 171 g/mol. The Morgan fingerprint density at radius 1 is 1.50 bits per heavy atom. The smallest absolute Gasteiger partial charge is 0.244 e. The van der Waals surface area contributed by atoms with E-state index in [-0.39, 0.29) is 12.5 Å².